The summed E-state index contributed by atoms with van der Waals surface area (Å²) in [6.07, 6.45) is -2.64. The van der Waals surface area contributed by atoms with E-state index >= 15 is 0 Å². The molecule has 4 aromatic rings. The van der Waals surface area contributed by atoms with Crippen LogP contribution in [0.3, 0.4) is 0 Å². The van der Waals surface area contributed by atoms with Gasteiger partial charge in [-0.2, -0.15) is 22.8 Å². The fraction of sp³-hybridized carbons (Fsp3) is 0.318. The summed E-state index contributed by atoms with van der Waals surface area (Å²) in [5, 5.41) is 28.1. The lowest BCUT2D eigenvalue weighted by Crippen LogP contribution is -2.35. The second-order valence-corrected chi connectivity index (χ2v) is 8.13. The molecule has 4 atom stereocenters. The van der Waals surface area contributed by atoms with Crippen molar-refractivity contribution in [3.05, 3.63) is 54.4 Å². The van der Waals surface area contributed by atoms with Crippen LogP contribution in [-0.2, 0) is 6.18 Å². The van der Waals surface area contributed by atoms with Crippen molar-refractivity contribution in [2.75, 3.05) is 5.32 Å². The van der Waals surface area contributed by atoms with Crippen molar-refractivity contribution < 1.29 is 23.4 Å². The van der Waals surface area contributed by atoms with Gasteiger partial charge in [-0.15, -0.1) is 0 Å². The quantitative estimate of drug-likeness (QED) is 0.449. The molecule has 32 heavy (non-hydrogen) atoms. The predicted octanol–water partition coefficient (Wildman–Crippen LogP) is 3.51. The summed E-state index contributed by atoms with van der Waals surface area (Å²) in [6.45, 7) is 1.87. The Kier molecular flexibility index (Phi) is 4.79. The first kappa shape index (κ1) is 20.7. The molecule has 0 spiro atoms. The Morgan fingerprint density at radius 3 is 2.59 bits per heavy atom. The van der Waals surface area contributed by atoms with E-state index in [1.165, 1.54) is 28.9 Å². The molecule has 1 saturated carbocycles. The van der Waals surface area contributed by atoms with Crippen molar-refractivity contribution in [2.24, 2.45) is 5.92 Å². The molecule has 3 aromatic heterocycles. The standard InChI is InChI=1S/C22H20F3N5O2/c1-11-9-16(21(32)20(11)31)28-17-6-8-26-18-10-15(29-30(17)18)13-4-5-14(22(23,24)25)12-3-2-7-27-19(12)13/h2-8,10-11,16,20-21,28,31-32H,9H2,1H3/t11-,16-,20-,21+/m1/s1. The second kappa shape index (κ2) is 7.42. The highest BCUT2D eigenvalue weighted by Gasteiger charge is 2.39. The maximum Gasteiger partial charge on any atom is 0.417 e. The Morgan fingerprint density at radius 2 is 1.88 bits per heavy atom. The zero-order valence-electron chi connectivity index (χ0n) is 17.0. The number of hydrogen-bond donors (Lipinski definition) is 3. The third kappa shape index (κ3) is 3.35. The molecule has 3 N–H and O–H groups in total. The summed E-state index contributed by atoms with van der Waals surface area (Å²) in [5.41, 5.74) is 0.800. The van der Waals surface area contributed by atoms with Crippen molar-refractivity contribution in [3.63, 3.8) is 0 Å². The SMILES string of the molecule is C[C@@H]1C[C@@H](Nc2ccnc3cc(-c4ccc(C(F)(F)F)c5cccnc45)nn23)[C@H](O)[C@@H]1O. The van der Waals surface area contributed by atoms with Crippen molar-refractivity contribution in [1.29, 1.82) is 0 Å². The molecule has 10 heteroatoms. The zero-order chi connectivity index (χ0) is 22.6. The van der Waals surface area contributed by atoms with Crippen LogP contribution in [0.15, 0.2) is 48.8 Å². The van der Waals surface area contributed by atoms with Crippen LogP contribution in [0.1, 0.15) is 18.9 Å². The molecule has 0 saturated heterocycles. The van der Waals surface area contributed by atoms with Gasteiger partial charge in [-0.25, -0.2) is 4.98 Å². The van der Waals surface area contributed by atoms with E-state index in [1.807, 2.05) is 6.92 Å². The molecule has 1 aliphatic rings. The van der Waals surface area contributed by atoms with Crippen LogP contribution in [0.25, 0.3) is 27.8 Å². The van der Waals surface area contributed by atoms with E-state index in [0.717, 1.165) is 6.07 Å². The number of hydrogen-bond acceptors (Lipinski definition) is 6. The van der Waals surface area contributed by atoms with Gasteiger partial charge in [0.25, 0.3) is 0 Å². The fourth-order valence-corrected chi connectivity index (χ4v) is 4.35. The van der Waals surface area contributed by atoms with Gasteiger partial charge in [0.15, 0.2) is 5.65 Å². The van der Waals surface area contributed by atoms with Gasteiger partial charge < -0.3 is 15.5 Å². The largest absolute Gasteiger partial charge is 0.417 e. The van der Waals surface area contributed by atoms with Crippen LogP contribution < -0.4 is 5.32 Å². The smallest absolute Gasteiger partial charge is 0.390 e. The Hall–Kier alpha value is -3.24. The molecule has 0 bridgehead atoms. The first-order chi connectivity index (χ1) is 15.2. The molecular weight excluding hydrogens is 423 g/mol. The summed E-state index contributed by atoms with van der Waals surface area (Å²) in [7, 11) is 0. The minimum atomic E-state index is -4.50. The van der Waals surface area contributed by atoms with Gasteiger partial charge in [-0.1, -0.05) is 13.0 Å². The minimum Gasteiger partial charge on any atom is -0.390 e. The number of aromatic nitrogens is 4. The van der Waals surface area contributed by atoms with Gasteiger partial charge in [0.2, 0.25) is 0 Å². The fourth-order valence-electron chi connectivity index (χ4n) is 4.35. The lowest BCUT2D eigenvalue weighted by Gasteiger charge is -2.19. The number of aliphatic hydroxyl groups is 2. The molecule has 1 fully saturated rings. The van der Waals surface area contributed by atoms with E-state index in [0.29, 0.717) is 29.1 Å². The monoisotopic (exact) mass is 443 g/mol. The summed E-state index contributed by atoms with van der Waals surface area (Å²) in [5.74, 6) is 0.494. The van der Waals surface area contributed by atoms with E-state index < -0.39 is 23.9 Å². The summed E-state index contributed by atoms with van der Waals surface area (Å²) in [4.78, 5) is 8.48. The molecule has 166 valence electrons. The average molecular weight is 443 g/mol. The van der Waals surface area contributed by atoms with Gasteiger partial charge in [0, 0.05) is 29.4 Å². The summed E-state index contributed by atoms with van der Waals surface area (Å²) >= 11 is 0. The van der Waals surface area contributed by atoms with Crippen molar-refractivity contribution in [2.45, 2.75) is 37.8 Å². The number of benzene rings is 1. The number of halogens is 3. The molecule has 0 aliphatic heterocycles. The Labute approximate surface area is 180 Å². The van der Waals surface area contributed by atoms with Gasteiger partial charge in [0.1, 0.15) is 11.9 Å². The van der Waals surface area contributed by atoms with Crippen LogP contribution in [-0.4, -0.2) is 48.0 Å². The predicted molar refractivity (Wildman–Crippen MR) is 112 cm³/mol. The van der Waals surface area contributed by atoms with E-state index in [9.17, 15) is 23.4 Å². The molecule has 5 rings (SSSR count). The van der Waals surface area contributed by atoms with Crippen LogP contribution in [0.2, 0.25) is 0 Å². The number of rotatable bonds is 3. The number of nitrogens with one attached hydrogen (secondary N) is 1. The van der Waals surface area contributed by atoms with Gasteiger partial charge in [-0.05, 0) is 36.6 Å². The zero-order valence-corrected chi connectivity index (χ0v) is 17.0. The Balaban J connectivity index is 1.59. The van der Waals surface area contributed by atoms with Crippen LogP contribution >= 0.6 is 0 Å². The highest BCUT2D eigenvalue weighted by molar-refractivity contribution is 5.95. The van der Waals surface area contributed by atoms with Crippen LogP contribution in [0.5, 0.6) is 0 Å². The second-order valence-electron chi connectivity index (χ2n) is 8.13. The van der Waals surface area contributed by atoms with E-state index in [2.05, 4.69) is 20.4 Å². The van der Waals surface area contributed by atoms with Crippen molar-refractivity contribution in [1.82, 2.24) is 19.6 Å². The third-order valence-electron chi connectivity index (χ3n) is 6.01. The third-order valence-corrected chi connectivity index (χ3v) is 6.01. The van der Waals surface area contributed by atoms with Crippen LogP contribution in [0, 0.1) is 5.92 Å². The highest BCUT2D eigenvalue weighted by atomic mass is 19.4. The number of alkyl halides is 3. The first-order valence-electron chi connectivity index (χ1n) is 10.2. The minimum absolute atomic E-state index is 0.00193. The molecule has 7 nitrogen and oxygen atoms in total. The maximum atomic E-state index is 13.4. The number of nitrogens with zero attached hydrogens (tertiary/aromatic N) is 4. The number of anilines is 1. The van der Waals surface area contributed by atoms with Gasteiger partial charge >= 0.3 is 6.18 Å². The molecule has 1 aromatic carbocycles. The van der Waals surface area contributed by atoms with E-state index in [4.69, 9.17) is 0 Å². The number of fused-ring (bicyclic) bond motifs is 2. The van der Waals surface area contributed by atoms with Gasteiger partial charge in [0.05, 0.1) is 28.9 Å². The Bertz CT molecular complexity index is 1310. The lowest BCUT2D eigenvalue weighted by molar-refractivity contribution is -0.136. The molecule has 0 amide bonds. The van der Waals surface area contributed by atoms with Gasteiger partial charge in [-0.3, -0.25) is 4.98 Å². The number of pyridine rings is 1. The van der Waals surface area contributed by atoms with Crippen molar-refractivity contribution in [3.8, 4) is 11.3 Å². The molecule has 1 aliphatic carbocycles. The maximum absolute atomic E-state index is 13.4. The van der Waals surface area contributed by atoms with E-state index in [1.54, 1.807) is 18.3 Å². The molecule has 3 heterocycles. The normalized spacial score (nSPS) is 23.8. The number of aliphatic hydroxyl groups excluding tert-OH is 2. The lowest BCUT2D eigenvalue weighted by atomic mass is 10.0. The topological polar surface area (TPSA) is 95.6 Å². The Morgan fingerprint density at radius 1 is 1.06 bits per heavy atom. The molecule has 0 unspecified atom stereocenters. The highest BCUT2D eigenvalue weighted by Crippen LogP contribution is 2.38. The van der Waals surface area contributed by atoms with Crippen molar-refractivity contribution >= 4 is 22.4 Å². The summed E-state index contributed by atoms with van der Waals surface area (Å²) in [6, 6.07) is 8.26. The molecular formula is C22H20F3N5O2. The molecule has 0 radical (unpaired) electrons. The average Bonchev–Trinajstić information content (AvgIpc) is 3.30. The summed E-state index contributed by atoms with van der Waals surface area (Å²) < 4.78 is 41.9. The first-order valence-corrected chi connectivity index (χ1v) is 10.2. The van der Waals surface area contributed by atoms with Crippen LogP contribution in [0.4, 0.5) is 19.0 Å². The van der Waals surface area contributed by atoms with E-state index in [-0.39, 0.29) is 22.9 Å².